The maximum atomic E-state index is 12.6. The fourth-order valence-electron chi connectivity index (χ4n) is 2.72. The van der Waals surface area contributed by atoms with Gasteiger partial charge in [-0.1, -0.05) is 0 Å². The first kappa shape index (κ1) is 20.1. The van der Waals surface area contributed by atoms with Gasteiger partial charge in [0.15, 0.2) is 0 Å². The predicted molar refractivity (Wildman–Crippen MR) is 106 cm³/mol. The van der Waals surface area contributed by atoms with Crippen LogP contribution in [0.15, 0.2) is 42.5 Å². The third-order valence-corrected chi connectivity index (χ3v) is 4.64. The van der Waals surface area contributed by atoms with E-state index >= 15 is 0 Å². The van der Waals surface area contributed by atoms with Gasteiger partial charge in [-0.2, -0.15) is 0 Å². The van der Waals surface area contributed by atoms with Gasteiger partial charge in [0.2, 0.25) is 15.9 Å². The van der Waals surface area contributed by atoms with E-state index in [0.29, 0.717) is 17.1 Å². The normalized spacial score (nSPS) is 14.3. The number of aromatic hydroxyl groups is 1. The molecule has 4 amide bonds. The fraction of sp³-hybridized carbons (Fsp3) is 0.167. The first-order valence-corrected chi connectivity index (χ1v) is 10.3. The number of anilines is 3. The molecule has 0 radical (unpaired) electrons. The Morgan fingerprint density at radius 3 is 2.38 bits per heavy atom. The van der Waals surface area contributed by atoms with Gasteiger partial charge < -0.3 is 10.4 Å². The van der Waals surface area contributed by atoms with Crippen molar-refractivity contribution in [3.63, 3.8) is 0 Å². The zero-order valence-corrected chi connectivity index (χ0v) is 16.1. The Hall–Kier alpha value is -3.60. The summed E-state index contributed by atoms with van der Waals surface area (Å²) in [5.41, 5.74) is 0.998. The third kappa shape index (κ3) is 5.02. The van der Waals surface area contributed by atoms with Crippen molar-refractivity contribution in [3.8, 4) is 5.75 Å². The van der Waals surface area contributed by atoms with E-state index < -0.39 is 22.0 Å². The average Bonchev–Trinajstić information content (AvgIpc) is 2.63. The Bertz CT molecular complexity index is 1080. The highest BCUT2D eigenvalue weighted by molar-refractivity contribution is 7.92. The number of phenolic OH excluding ortho intramolecular Hbond substituents is 1. The lowest BCUT2D eigenvalue weighted by Crippen LogP contribution is -2.49. The Balaban J connectivity index is 1.77. The minimum absolute atomic E-state index is 0.0643. The number of nitrogens with one attached hydrogen (secondary N) is 3. The molecule has 1 heterocycles. The molecule has 3 rings (SSSR count). The van der Waals surface area contributed by atoms with Gasteiger partial charge in [0.1, 0.15) is 5.75 Å². The molecular weight excluding hydrogens is 400 g/mol. The van der Waals surface area contributed by atoms with E-state index in [0.717, 1.165) is 6.26 Å². The van der Waals surface area contributed by atoms with E-state index in [9.17, 15) is 27.9 Å². The Morgan fingerprint density at radius 1 is 1.10 bits per heavy atom. The monoisotopic (exact) mass is 418 g/mol. The lowest BCUT2D eigenvalue weighted by atomic mass is 10.1. The summed E-state index contributed by atoms with van der Waals surface area (Å²) in [5.74, 6) is -1.28. The highest BCUT2D eigenvalue weighted by Gasteiger charge is 2.25. The summed E-state index contributed by atoms with van der Waals surface area (Å²) in [6.45, 7) is 0.158. The number of sulfonamides is 1. The van der Waals surface area contributed by atoms with Crippen molar-refractivity contribution >= 4 is 44.9 Å². The SMILES string of the molecule is CS(=O)(=O)Nc1ccc(NC(=O)c2cc(N3CCC(=O)NC3=O)ccc2O)cc1. The second-order valence-corrected chi connectivity index (χ2v) is 8.11. The van der Waals surface area contributed by atoms with Crippen LogP contribution in [0.4, 0.5) is 21.9 Å². The number of hydrogen-bond donors (Lipinski definition) is 4. The second kappa shape index (κ2) is 7.80. The summed E-state index contributed by atoms with van der Waals surface area (Å²) in [4.78, 5) is 37.1. The molecule has 2 aromatic rings. The number of phenols is 1. The van der Waals surface area contributed by atoms with Gasteiger partial charge in [-0.15, -0.1) is 0 Å². The lowest BCUT2D eigenvalue weighted by molar-refractivity contribution is -0.120. The van der Waals surface area contributed by atoms with Crippen LogP contribution in [0.2, 0.25) is 0 Å². The number of hydrogen-bond acceptors (Lipinski definition) is 6. The van der Waals surface area contributed by atoms with Crippen LogP contribution in [-0.4, -0.2) is 44.2 Å². The molecule has 1 aliphatic heterocycles. The molecule has 10 nitrogen and oxygen atoms in total. The van der Waals surface area contributed by atoms with Crippen molar-refractivity contribution in [1.29, 1.82) is 0 Å². The zero-order valence-electron chi connectivity index (χ0n) is 15.3. The first-order chi connectivity index (χ1) is 13.6. The number of benzene rings is 2. The highest BCUT2D eigenvalue weighted by atomic mass is 32.2. The van der Waals surface area contributed by atoms with E-state index in [2.05, 4.69) is 15.4 Å². The summed E-state index contributed by atoms with van der Waals surface area (Å²) in [6.07, 6.45) is 1.15. The van der Waals surface area contributed by atoms with Crippen LogP contribution >= 0.6 is 0 Å². The van der Waals surface area contributed by atoms with Gasteiger partial charge in [-0.3, -0.25) is 24.5 Å². The molecule has 1 aliphatic rings. The minimum Gasteiger partial charge on any atom is -0.507 e. The molecule has 29 heavy (non-hydrogen) atoms. The fourth-order valence-corrected chi connectivity index (χ4v) is 3.28. The molecule has 0 aliphatic carbocycles. The molecule has 0 bridgehead atoms. The maximum absolute atomic E-state index is 12.6. The molecule has 11 heteroatoms. The van der Waals surface area contributed by atoms with Crippen molar-refractivity contribution in [1.82, 2.24) is 5.32 Å². The van der Waals surface area contributed by atoms with Crippen molar-refractivity contribution in [3.05, 3.63) is 48.0 Å². The minimum atomic E-state index is -3.41. The zero-order chi connectivity index (χ0) is 21.2. The van der Waals surface area contributed by atoms with Crippen LogP contribution < -0.4 is 20.3 Å². The molecular formula is C18H18N4O6S. The summed E-state index contributed by atoms with van der Waals surface area (Å²) in [7, 11) is -3.41. The largest absolute Gasteiger partial charge is 0.507 e. The van der Waals surface area contributed by atoms with E-state index in [1.165, 1.54) is 47.4 Å². The number of rotatable bonds is 5. The van der Waals surface area contributed by atoms with E-state index in [-0.39, 0.29) is 30.2 Å². The van der Waals surface area contributed by atoms with Crippen LogP contribution in [0.25, 0.3) is 0 Å². The average molecular weight is 418 g/mol. The number of amides is 4. The summed E-state index contributed by atoms with van der Waals surface area (Å²) in [6, 6.07) is 9.43. The Morgan fingerprint density at radius 2 is 1.76 bits per heavy atom. The van der Waals surface area contributed by atoms with Gasteiger partial charge >= 0.3 is 6.03 Å². The van der Waals surface area contributed by atoms with Crippen molar-refractivity contribution in [2.24, 2.45) is 0 Å². The highest BCUT2D eigenvalue weighted by Crippen LogP contribution is 2.26. The van der Waals surface area contributed by atoms with Gasteiger partial charge in [0.25, 0.3) is 5.91 Å². The molecule has 1 saturated heterocycles. The van der Waals surface area contributed by atoms with Crippen LogP contribution in [0.1, 0.15) is 16.8 Å². The Kier molecular flexibility index (Phi) is 5.41. The van der Waals surface area contributed by atoms with Gasteiger partial charge in [0, 0.05) is 30.0 Å². The standard InChI is InChI=1S/C18H18N4O6S/c1-29(27,28)21-12-4-2-11(3-5-12)19-17(25)14-10-13(6-7-15(14)23)22-9-8-16(24)20-18(22)26/h2-7,10,21,23H,8-9H2,1H3,(H,19,25)(H,20,24,26). The molecule has 0 saturated carbocycles. The van der Waals surface area contributed by atoms with Crippen LogP contribution in [0.3, 0.4) is 0 Å². The summed E-state index contributed by atoms with van der Waals surface area (Å²) < 4.78 is 24.8. The molecule has 2 aromatic carbocycles. The van der Waals surface area contributed by atoms with E-state index in [4.69, 9.17) is 0 Å². The summed E-state index contributed by atoms with van der Waals surface area (Å²) >= 11 is 0. The molecule has 0 spiro atoms. The van der Waals surface area contributed by atoms with Gasteiger partial charge in [-0.25, -0.2) is 13.2 Å². The summed E-state index contributed by atoms with van der Waals surface area (Å²) in [5, 5.41) is 14.8. The number of urea groups is 1. The maximum Gasteiger partial charge on any atom is 0.328 e. The third-order valence-electron chi connectivity index (χ3n) is 4.04. The van der Waals surface area contributed by atoms with Crippen molar-refractivity contribution in [2.45, 2.75) is 6.42 Å². The van der Waals surface area contributed by atoms with Crippen molar-refractivity contribution < 1.29 is 27.9 Å². The van der Waals surface area contributed by atoms with Crippen LogP contribution in [0, 0.1) is 0 Å². The smallest absolute Gasteiger partial charge is 0.328 e. The van der Waals surface area contributed by atoms with Crippen LogP contribution in [0.5, 0.6) is 5.75 Å². The molecule has 152 valence electrons. The van der Waals surface area contributed by atoms with Crippen molar-refractivity contribution in [2.75, 3.05) is 27.7 Å². The van der Waals surface area contributed by atoms with Crippen LogP contribution in [-0.2, 0) is 14.8 Å². The quantitative estimate of drug-likeness (QED) is 0.578. The molecule has 0 atom stereocenters. The van der Waals surface area contributed by atoms with Gasteiger partial charge in [0.05, 0.1) is 11.8 Å². The number of carbonyl (C=O) groups excluding carboxylic acids is 3. The number of nitrogens with zero attached hydrogens (tertiary/aromatic N) is 1. The molecule has 4 N–H and O–H groups in total. The lowest BCUT2D eigenvalue weighted by Gasteiger charge is -2.26. The molecule has 0 aromatic heterocycles. The van der Waals surface area contributed by atoms with Gasteiger partial charge in [-0.05, 0) is 42.5 Å². The second-order valence-electron chi connectivity index (χ2n) is 6.36. The number of carbonyl (C=O) groups is 3. The van der Waals surface area contributed by atoms with E-state index in [1.54, 1.807) is 0 Å². The number of imide groups is 1. The Labute approximate surface area is 166 Å². The first-order valence-electron chi connectivity index (χ1n) is 8.46. The molecule has 0 unspecified atom stereocenters. The predicted octanol–water partition coefficient (Wildman–Crippen LogP) is 1.46. The topological polar surface area (TPSA) is 145 Å². The molecule has 1 fully saturated rings. The van der Waals surface area contributed by atoms with E-state index in [1.807, 2.05) is 0 Å².